The summed E-state index contributed by atoms with van der Waals surface area (Å²) in [6.45, 7) is 2.34. The van der Waals surface area contributed by atoms with Crippen LogP contribution in [0.1, 0.15) is 34.3 Å². The van der Waals surface area contributed by atoms with Crippen molar-refractivity contribution < 1.29 is 14.7 Å². The summed E-state index contributed by atoms with van der Waals surface area (Å²) in [7, 11) is 0. The van der Waals surface area contributed by atoms with E-state index in [1.165, 1.54) is 0 Å². The molecule has 5 nitrogen and oxygen atoms in total. The minimum atomic E-state index is -0.195. The van der Waals surface area contributed by atoms with Crippen LogP contribution in [0.15, 0.2) is 18.2 Å². The van der Waals surface area contributed by atoms with E-state index in [9.17, 15) is 9.59 Å². The topological polar surface area (TPSA) is 78.4 Å². The van der Waals surface area contributed by atoms with Crippen molar-refractivity contribution in [1.29, 1.82) is 0 Å². The summed E-state index contributed by atoms with van der Waals surface area (Å²) in [5.41, 5.74) is 2.14. The van der Waals surface area contributed by atoms with Crippen LogP contribution < -0.4 is 10.6 Å². The molecule has 0 aromatic heterocycles. The van der Waals surface area contributed by atoms with Crippen LogP contribution in [-0.2, 0) is 4.79 Å². The summed E-state index contributed by atoms with van der Waals surface area (Å²) >= 11 is 0. The molecule has 5 heteroatoms. The maximum Gasteiger partial charge on any atom is 0.251 e. The number of amides is 2. The van der Waals surface area contributed by atoms with E-state index in [1.54, 1.807) is 12.1 Å². The van der Waals surface area contributed by atoms with Gasteiger partial charge in [-0.1, -0.05) is 17.9 Å². The minimum Gasteiger partial charge on any atom is -0.395 e. The Hall–Kier alpha value is -2.32. The standard InChI is InChI=1S/C16H18N2O3/c1-11-12(5-2-3-8-19)6-4-7-14(11)16(21)18-13-9-15(20)17-10-13/h4,6-7,13,19H,3,8-10H2,1H3,(H,17,20)(H,18,21). The highest BCUT2D eigenvalue weighted by atomic mass is 16.2. The molecule has 1 heterocycles. The second-order valence-electron chi connectivity index (χ2n) is 4.93. The number of carbonyl (C=O) groups is 2. The Morgan fingerprint density at radius 1 is 1.52 bits per heavy atom. The SMILES string of the molecule is Cc1c(C#CCCO)cccc1C(=O)NC1CNC(=O)C1. The molecule has 110 valence electrons. The molecule has 1 fully saturated rings. The van der Waals surface area contributed by atoms with Crippen LogP contribution in [0.4, 0.5) is 0 Å². The van der Waals surface area contributed by atoms with E-state index in [2.05, 4.69) is 22.5 Å². The van der Waals surface area contributed by atoms with Crippen molar-refractivity contribution >= 4 is 11.8 Å². The van der Waals surface area contributed by atoms with Crippen molar-refractivity contribution in [2.75, 3.05) is 13.2 Å². The van der Waals surface area contributed by atoms with Gasteiger partial charge in [-0.2, -0.15) is 0 Å². The van der Waals surface area contributed by atoms with Crippen LogP contribution >= 0.6 is 0 Å². The lowest BCUT2D eigenvalue weighted by Gasteiger charge is -2.12. The fraction of sp³-hybridized carbons (Fsp3) is 0.375. The van der Waals surface area contributed by atoms with E-state index in [0.29, 0.717) is 24.9 Å². The molecule has 0 saturated carbocycles. The van der Waals surface area contributed by atoms with Gasteiger partial charge in [0.05, 0.1) is 12.6 Å². The van der Waals surface area contributed by atoms with Crippen molar-refractivity contribution in [3.05, 3.63) is 34.9 Å². The molecule has 0 radical (unpaired) electrons. The first-order valence-electron chi connectivity index (χ1n) is 6.88. The van der Waals surface area contributed by atoms with Crippen molar-refractivity contribution in [2.24, 2.45) is 0 Å². The zero-order chi connectivity index (χ0) is 15.2. The van der Waals surface area contributed by atoms with Gasteiger partial charge in [-0.25, -0.2) is 0 Å². The Balaban J connectivity index is 2.12. The van der Waals surface area contributed by atoms with E-state index in [0.717, 1.165) is 11.1 Å². The number of rotatable bonds is 3. The van der Waals surface area contributed by atoms with Crippen molar-refractivity contribution in [3.63, 3.8) is 0 Å². The number of hydrogen-bond acceptors (Lipinski definition) is 3. The number of aliphatic hydroxyl groups is 1. The van der Waals surface area contributed by atoms with Gasteiger partial charge in [-0.3, -0.25) is 9.59 Å². The molecule has 1 atom stereocenters. The maximum absolute atomic E-state index is 12.3. The average molecular weight is 286 g/mol. The molecule has 1 unspecified atom stereocenters. The lowest BCUT2D eigenvalue weighted by atomic mass is 10.0. The summed E-state index contributed by atoms with van der Waals surface area (Å²) in [6.07, 6.45) is 0.729. The predicted molar refractivity (Wildman–Crippen MR) is 78.6 cm³/mol. The molecule has 1 aliphatic rings. The first-order valence-corrected chi connectivity index (χ1v) is 6.88. The maximum atomic E-state index is 12.3. The number of hydrogen-bond donors (Lipinski definition) is 3. The zero-order valence-corrected chi connectivity index (χ0v) is 11.9. The second-order valence-corrected chi connectivity index (χ2v) is 4.93. The van der Waals surface area contributed by atoms with E-state index in [1.807, 2.05) is 13.0 Å². The average Bonchev–Trinajstić information content (AvgIpc) is 2.86. The van der Waals surface area contributed by atoms with Gasteiger partial charge in [0.2, 0.25) is 5.91 Å². The number of aliphatic hydroxyl groups excluding tert-OH is 1. The molecule has 1 aliphatic heterocycles. The first kappa shape index (κ1) is 15.1. The number of benzene rings is 1. The molecule has 0 aliphatic carbocycles. The normalized spacial score (nSPS) is 16.9. The van der Waals surface area contributed by atoms with Gasteiger partial charge in [-0.15, -0.1) is 0 Å². The van der Waals surface area contributed by atoms with Crippen LogP contribution in [0.3, 0.4) is 0 Å². The van der Waals surface area contributed by atoms with Crippen LogP contribution in [0.5, 0.6) is 0 Å². The molecule has 1 aromatic carbocycles. The highest BCUT2D eigenvalue weighted by Crippen LogP contribution is 2.14. The lowest BCUT2D eigenvalue weighted by Crippen LogP contribution is -2.36. The third-order valence-electron chi connectivity index (χ3n) is 3.35. The minimum absolute atomic E-state index is 0.0228. The molecule has 2 amide bonds. The lowest BCUT2D eigenvalue weighted by molar-refractivity contribution is -0.119. The molecule has 21 heavy (non-hydrogen) atoms. The molecular weight excluding hydrogens is 268 g/mol. The van der Waals surface area contributed by atoms with E-state index in [4.69, 9.17) is 5.11 Å². The fourth-order valence-electron chi connectivity index (χ4n) is 2.20. The summed E-state index contributed by atoms with van der Waals surface area (Å²) < 4.78 is 0. The fourth-order valence-corrected chi connectivity index (χ4v) is 2.20. The Morgan fingerprint density at radius 3 is 3.00 bits per heavy atom. The smallest absolute Gasteiger partial charge is 0.251 e. The second kappa shape index (κ2) is 6.91. The Bertz CT molecular complexity index is 614. The summed E-state index contributed by atoms with van der Waals surface area (Å²) in [5.74, 6) is 5.57. The van der Waals surface area contributed by atoms with E-state index >= 15 is 0 Å². The molecule has 2 rings (SSSR count). The van der Waals surface area contributed by atoms with Crippen molar-refractivity contribution in [3.8, 4) is 11.8 Å². The predicted octanol–water partition coefficient (Wildman–Crippen LogP) is 0.347. The van der Waals surface area contributed by atoms with Crippen LogP contribution in [0.2, 0.25) is 0 Å². The number of carbonyl (C=O) groups excluding carboxylic acids is 2. The van der Waals surface area contributed by atoms with E-state index < -0.39 is 0 Å². The summed E-state index contributed by atoms with van der Waals surface area (Å²) in [4.78, 5) is 23.4. The largest absolute Gasteiger partial charge is 0.395 e. The van der Waals surface area contributed by atoms with E-state index in [-0.39, 0.29) is 24.5 Å². The van der Waals surface area contributed by atoms with Crippen LogP contribution in [0, 0.1) is 18.8 Å². The van der Waals surface area contributed by atoms with Crippen molar-refractivity contribution in [2.45, 2.75) is 25.8 Å². The Labute approximate surface area is 123 Å². The molecule has 0 bridgehead atoms. The zero-order valence-electron chi connectivity index (χ0n) is 11.9. The molecule has 0 spiro atoms. The van der Waals surface area contributed by atoms with Gasteiger partial charge in [-0.05, 0) is 24.6 Å². The monoisotopic (exact) mass is 286 g/mol. The van der Waals surface area contributed by atoms with Gasteiger partial charge in [0.1, 0.15) is 0 Å². The summed E-state index contributed by atoms with van der Waals surface area (Å²) in [5, 5.41) is 14.3. The molecule has 1 saturated heterocycles. The molecule has 3 N–H and O–H groups in total. The van der Waals surface area contributed by atoms with Crippen molar-refractivity contribution in [1.82, 2.24) is 10.6 Å². The van der Waals surface area contributed by atoms with Gasteiger partial charge in [0, 0.05) is 30.5 Å². The van der Waals surface area contributed by atoms with Gasteiger partial charge in [0.15, 0.2) is 0 Å². The molecular formula is C16H18N2O3. The third kappa shape index (κ3) is 3.83. The van der Waals surface area contributed by atoms with Crippen LogP contribution in [-0.4, -0.2) is 36.1 Å². The first-order chi connectivity index (χ1) is 10.1. The molecule has 1 aromatic rings. The Kier molecular flexibility index (Phi) is 4.96. The highest BCUT2D eigenvalue weighted by Gasteiger charge is 2.23. The Morgan fingerprint density at radius 2 is 2.33 bits per heavy atom. The third-order valence-corrected chi connectivity index (χ3v) is 3.35. The quantitative estimate of drug-likeness (QED) is 0.702. The van der Waals surface area contributed by atoms with Crippen LogP contribution in [0.25, 0.3) is 0 Å². The highest BCUT2D eigenvalue weighted by molar-refractivity contribution is 5.97. The number of nitrogens with one attached hydrogen (secondary N) is 2. The van der Waals surface area contributed by atoms with Gasteiger partial charge < -0.3 is 15.7 Å². The van der Waals surface area contributed by atoms with Gasteiger partial charge in [0.25, 0.3) is 5.91 Å². The summed E-state index contributed by atoms with van der Waals surface area (Å²) in [6, 6.07) is 5.21. The van der Waals surface area contributed by atoms with Gasteiger partial charge >= 0.3 is 0 Å².